The van der Waals surface area contributed by atoms with Crippen LogP contribution in [0.3, 0.4) is 0 Å². The average molecular weight is 225 g/mol. The molecular weight excluding hydrogens is 198 g/mol. The summed E-state index contributed by atoms with van der Waals surface area (Å²) < 4.78 is 0. The molecule has 0 heterocycles. The van der Waals surface area contributed by atoms with Crippen molar-refractivity contribution in [2.24, 2.45) is 0 Å². The molecule has 0 aliphatic rings. The summed E-state index contributed by atoms with van der Waals surface area (Å²) in [5.74, 6) is 0. The van der Waals surface area contributed by atoms with Crippen molar-refractivity contribution >= 4 is 0 Å². The van der Waals surface area contributed by atoms with E-state index < -0.39 is 5.54 Å². The minimum absolute atomic E-state index is 0.184. The van der Waals surface area contributed by atoms with Crippen molar-refractivity contribution < 1.29 is 0 Å². The van der Waals surface area contributed by atoms with Crippen molar-refractivity contribution in [3.05, 3.63) is 0 Å². The van der Waals surface area contributed by atoms with E-state index >= 15 is 0 Å². The molecule has 3 nitrogen and oxygen atoms in total. The number of hydrogen-bond acceptors (Lipinski definition) is 3. The first-order valence-corrected chi connectivity index (χ1v) is 6.05. The normalized spacial score (nSPS) is 17.9. The van der Waals surface area contributed by atoms with Crippen molar-refractivity contribution in [2.75, 3.05) is 14.1 Å². The van der Waals surface area contributed by atoms with Crippen LogP contribution in [-0.4, -0.2) is 36.1 Å². The maximum Gasteiger partial charge on any atom is 0.105 e. The van der Waals surface area contributed by atoms with Gasteiger partial charge in [0.1, 0.15) is 5.54 Å². The number of nitrogens with zero attached hydrogens (tertiary/aromatic N) is 2. The molecule has 0 aromatic carbocycles. The smallest absolute Gasteiger partial charge is 0.105 e. The fourth-order valence-electron chi connectivity index (χ4n) is 1.78. The quantitative estimate of drug-likeness (QED) is 0.754. The fourth-order valence-corrected chi connectivity index (χ4v) is 1.78. The molecule has 0 rings (SSSR count). The summed E-state index contributed by atoms with van der Waals surface area (Å²) >= 11 is 0. The van der Waals surface area contributed by atoms with Gasteiger partial charge in [0.25, 0.3) is 0 Å². The molecule has 0 spiro atoms. The third-order valence-corrected chi connectivity index (χ3v) is 3.98. The standard InChI is InChI=1S/C13H27N3/c1-8-12(3,4)16(7)11(2)9-13(5,10-14)15-6/h11,15H,8-9H2,1-7H3. The minimum Gasteiger partial charge on any atom is -0.303 e. The van der Waals surface area contributed by atoms with Crippen molar-refractivity contribution in [1.29, 1.82) is 5.26 Å². The summed E-state index contributed by atoms with van der Waals surface area (Å²) in [7, 11) is 3.99. The highest BCUT2D eigenvalue weighted by molar-refractivity contribution is 5.05. The average Bonchev–Trinajstić information content (AvgIpc) is 2.27. The van der Waals surface area contributed by atoms with Crippen molar-refractivity contribution in [1.82, 2.24) is 10.2 Å². The highest BCUT2D eigenvalue weighted by Gasteiger charge is 2.31. The predicted octanol–water partition coefficient (Wildman–Crippen LogP) is 2.39. The monoisotopic (exact) mass is 225 g/mol. The van der Waals surface area contributed by atoms with Gasteiger partial charge in [-0.25, -0.2) is 0 Å². The topological polar surface area (TPSA) is 39.1 Å². The Morgan fingerprint density at radius 1 is 1.38 bits per heavy atom. The molecule has 0 aromatic rings. The van der Waals surface area contributed by atoms with E-state index in [9.17, 15) is 0 Å². The molecule has 0 saturated carbocycles. The Labute approximate surface area is 101 Å². The molecule has 16 heavy (non-hydrogen) atoms. The molecule has 0 aromatic heterocycles. The first-order valence-electron chi connectivity index (χ1n) is 6.05. The maximum atomic E-state index is 9.14. The Morgan fingerprint density at radius 3 is 2.19 bits per heavy atom. The Bertz CT molecular complexity index is 254. The van der Waals surface area contributed by atoms with E-state index in [1.807, 2.05) is 14.0 Å². The van der Waals surface area contributed by atoms with Crippen LogP contribution in [0.4, 0.5) is 0 Å². The zero-order valence-electron chi connectivity index (χ0n) is 11.9. The summed E-state index contributed by atoms with van der Waals surface area (Å²) in [6.45, 7) is 10.8. The second kappa shape index (κ2) is 5.65. The summed E-state index contributed by atoms with van der Waals surface area (Å²) in [4.78, 5) is 2.36. The van der Waals surface area contributed by atoms with Gasteiger partial charge in [-0.1, -0.05) is 6.92 Å². The summed E-state index contributed by atoms with van der Waals surface area (Å²) in [5, 5.41) is 12.2. The third kappa shape index (κ3) is 3.77. The van der Waals surface area contributed by atoms with Gasteiger partial charge in [0, 0.05) is 11.6 Å². The zero-order chi connectivity index (χ0) is 13.0. The number of rotatable bonds is 6. The molecule has 3 heteroatoms. The van der Waals surface area contributed by atoms with Gasteiger partial charge in [0.15, 0.2) is 0 Å². The highest BCUT2D eigenvalue weighted by atomic mass is 15.2. The van der Waals surface area contributed by atoms with Crippen LogP contribution >= 0.6 is 0 Å². The number of nitriles is 1. The van der Waals surface area contributed by atoms with E-state index in [2.05, 4.69) is 51.0 Å². The number of hydrogen-bond donors (Lipinski definition) is 1. The van der Waals surface area contributed by atoms with Crippen molar-refractivity contribution in [3.8, 4) is 6.07 Å². The van der Waals surface area contributed by atoms with Gasteiger partial charge in [-0.05, 0) is 54.6 Å². The molecule has 0 aliphatic heterocycles. The van der Waals surface area contributed by atoms with Crippen LogP contribution in [0.15, 0.2) is 0 Å². The lowest BCUT2D eigenvalue weighted by atomic mass is 9.91. The molecule has 0 saturated heterocycles. The molecule has 2 unspecified atom stereocenters. The van der Waals surface area contributed by atoms with Crippen LogP contribution in [-0.2, 0) is 0 Å². The summed E-state index contributed by atoms with van der Waals surface area (Å²) in [6, 6.07) is 2.73. The van der Waals surface area contributed by atoms with Gasteiger partial charge in [-0.3, -0.25) is 4.90 Å². The molecule has 0 aliphatic carbocycles. The first kappa shape index (κ1) is 15.4. The first-order chi connectivity index (χ1) is 7.22. The second-order valence-corrected chi connectivity index (χ2v) is 5.52. The lowest BCUT2D eigenvalue weighted by molar-refractivity contribution is 0.0908. The predicted molar refractivity (Wildman–Crippen MR) is 69.3 cm³/mol. The van der Waals surface area contributed by atoms with Crippen LogP contribution in [0, 0.1) is 11.3 Å². The van der Waals surface area contributed by atoms with Gasteiger partial charge >= 0.3 is 0 Å². The molecule has 0 bridgehead atoms. The van der Waals surface area contributed by atoms with Crippen molar-refractivity contribution in [3.63, 3.8) is 0 Å². The zero-order valence-corrected chi connectivity index (χ0v) is 11.9. The Morgan fingerprint density at radius 2 is 1.88 bits per heavy atom. The number of nitrogens with one attached hydrogen (secondary N) is 1. The SMILES string of the molecule is CCC(C)(C)N(C)C(C)CC(C)(C#N)NC. The van der Waals surface area contributed by atoms with Gasteiger partial charge in [-0.2, -0.15) is 5.26 Å². The third-order valence-electron chi connectivity index (χ3n) is 3.98. The van der Waals surface area contributed by atoms with E-state index in [1.165, 1.54) is 0 Å². The second-order valence-electron chi connectivity index (χ2n) is 5.52. The summed E-state index contributed by atoms with van der Waals surface area (Å²) in [5.41, 5.74) is -0.249. The van der Waals surface area contributed by atoms with E-state index in [-0.39, 0.29) is 5.54 Å². The van der Waals surface area contributed by atoms with E-state index in [1.54, 1.807) is 0 Å². The van der Waals surface area contributed by atoms with Crippen LogP contribution in [0.1, 0.15) is 47.5 Å². The van der Waals surface area contributed by atoms with Gasteiger partial charge < -0.3 is 5.32 Å². The Kier molecular flexibility index (Phi) is 5.44. The maximum absolute atomic E-state index is 9.14. The van der Waals surface area contributed by atoms with Crippen molar-refractivity contribution in [2.45, 2.75) is 64.6 Å². The van der Waals surface area contributed by atoms with Gasteiger partial charge in [0.2, 0.25) is 0 Å². The largest absolute Gasteiger partial charge is 0.303 e. The Balaban J connectivity index is 4.60. The summed E-state index contributed by atoms with van der Waals surface area (Å²) in [6.07, 6.45) is 1.94. The van der Waals surface area contributed by atoms with Crippen LogP contribution in [0.25, 0.3) is 0 Å². The Hall–Kier alpha value is -0.590. The highest BCUT2D eigenvalue weighted by Crippen LogP contribution is 2.23. The van der Waals surface area contributed by atoms with Crippen LogP contribution < -0.4 is 5.32 Å². The van der Waals surface area contributed by atoms with Crippen LogP contribution in [0.2, 0.25) is 0 Å². The van der Waals surface area contributed by atoms with E-state index in [4.69, 9.17) is 5.26 Å². The molecule has 1 N–H and O–H groups in total. The molecule has 0 amide bonds. The van der Waals surface area contributed by atoms with Crippen LogP contribution in [0.5, 0.6) is 0 Å². The van der Waals surface area contributed by atoms with Gasteiger partial charge in [-0.15, -0.1) is 0 Å². The molecule has 0 fully saturated rings. The minimum atomic E-state index is -0.433. The molecule has 0 radical (unpaired) electrons. The van der Waals surface area contributed by atoms with E-state index in [0.717, 1.165) is 12.8 Å². The lowest BCUT2D eigenvalue weighted by Gasteiger charge is -2.41. The molecule has 94 valence electrons. The fraction of sp³-hybridized carbons (Fsp3) is 0.923. The van der Waals surface area contributed by atoms with E-state index in [0.29, 0.717) is 6.04 Å². The lowest BCUT2D eigenvalue weighted by Crippen LogP contribution is -2.50. The molecular formula is C13H27N3. The molecule has 2 atom stereocenters. The van der Waals surface area contributed by atoms with Gasteiger partial charge in [0.05, 0.1) is 6.07 Å².